The van der Waals surface area contributed by atoms with E-state index in [2.05, 4.69) is 23.4 Å². The fraction of sp³-hybridized carbons (Fsp3) is 0.391. The van der Waals surface area contributed by atoms with Crippen LogP contribution in [0.15, 0.2) is 36.4 Å². The van der Waals surface area contributed by atoms with Gasteiger partial charge in [-0.05, 0) is 43.3 Å². The van der Waals surface area contributed by atoms with E-state index in [-0.39, 0.29) is 11.7 Å². The van der Waals surface area contributed by atoms with E-state index in [1.807, 2.05) is 28.8 Å². The summed E-state index contributed by atoms with van der Waals surface area (Å²) in [6, 6.07) is 6.48. The SMILES string of the molecule is C/C=C\Cn1nc(C(=O)NN2CCN(C)CC2)c2c1/C(=C/c1ccc(F)cc1)CSC2. The van der Waals surface area contributed by atoms with Crippen molar-refractivity contribution in [2.45, 2.75) is 19.2 Å². The van der Waals surface area contributed by atoms with Gasteiger partial charge in [-0.3, -0.25) is 14.9 Å². The summed E-state index contributed by atoms with van der Waals surface area (Å²) in [7, 11) is 2.09. The Balaban J connectivity index is 1.66. The van der Waals surface area contributed by atoms with Crippen molar-refractivity contribution in [1.29, 1.82) is 0 Å². The van der Waals surface area contributed by atoms with Gasteiger partial charge in [0, 0.05) is 43.2 Å². The summed E-state index contributed by atoms with van der Waals surface area (Å²) in [6.45, 7) is 6.03. The third kappa shape index (κ3) is 5.08. The Morgan fingerprint density at radius 1 is 1.19 bits per heavy atom. The molecule has 1 aromatic carbocycles. The lowest BCUT2D eigenvalue weighted by atomic mass is 10.0. The molecule has 164 valence electrons. The van der Waals surface area contributed by atoms with Crippen LogP contribution in [0.3, 0.4) is 0 Å². The summed E-state index contributed by atoms with van der Waals surface area (Å²) in [4.78, 5) is 15.4. The van der Waals surface area contributed by atoms with Crippen LogP contribution in [0.1, 0.15) is 34.2 Å². The molecule has 0 saturated carbocycles. The van der Waals surface area contributed by atoms with Crippen LogP contribution < -0.4 is 5.43 Å². The summed E-state index contributed by atoms with van der Waals surface area (Å²) in [5.74, 6) is 1.17. The minimum atomic E-state index is -0.248. The summed E-state index contributed by atoms with van der Waals surface area (Å²) >= 11 is 1.77. The van der Waals surface area contributed by atoms with Gasteiger partial charge in [0.25, 0.3) is 5.91 Å². The third-order valence-electron chi connectivity index (χ3n) is 5.56. The maximum absolute atomic E-state index is 13.3. The number of hydrazine groups is 1. The van der Waals surface area contributed by atoms with E-state index in [0.717, 1.165) is 60.1 Å². The minimum Gasteiger partial charge on any atom is -0.304 e. The van der Waals surface area contributed by atoms with Crippen molar-refractivity contribution in [3.05, 3.63) is 64.7 Å². The van der Waals surface area contributed by atoms with Crippen molar-refractivity contribution < 1.29 is 9.18 Å². The molecule has 4 rings (SSSR count). The number of hydrogen-bond acceptors (Lipinski definition) is 5. The molecule has 0 atom stereocenters. The number of allylic oxidation sites excluding steroid dienone is 2. The smallest absolute Gasteiger partial charge is 0.286 e. The normalized spacial score (nSPS) is 19.1. The monoisotopic (exact) mass is 441 g/mol. The fourth-order valence-electron chi connectivity index (χ4n) is 3.83. The van der Waals surface area contributed by atoms with Crippen molar-refractivity contribution in [2.24, 2.45) is 0 Å². The van der Waals surface area contributed by atoms with E-state index >= 15 is 0 Å². The molecule has 3 heterocycles. The van der Waals surface area contributed by atoms with E-state index in [4.69, 9.17) is 5.10 Å². The van der Waals surface area contributed by atoms with Crippen molar-refractivity contribution in [1.82, 2.24) is 25.1 Å². The number of likely N-dealkylation sites (N-methyl/N-ethyl adjacent to an activating group) is 1. The van der Waals surface area contributed by atoms with Gasteiger partial charge in [0.15, 0.2) is 5.69 Å². The predicted octanol–water partition coefficient (Wildman–Crippen LogP) is 3.28. The number of carbonyl (C=O) groups excluding carboxylic acids is 1. The van der Waals surface area contributed by atoms with Crippen LogP contribution in [0.4, 0.5) is 4.39 Å². The van der Waals surface area contributed by atoms with Gasteiger partial charge in [0.1, 0.15) is 5.82 Å². The van der Waals surface area contributed by atoms with Crippen LogP contribution in [-0.4, -0.2) is 64.6 Å². The highest BCUT2D eigenvalue weighted by Crippen LogP contribution is 2.36. The number of rotatable bonds is 5. The van der Waals surface area contributed by atoms with Crippen molar-refractivity contribution in [2.75, 3.05) is 39.0 Å². The van der Waals surface area contributed by atoms with Gasteiger partial charge in [0.2, 0.25) is 0 Å². The van der Waals surface area contributed by atoms with Gasteiger partial charge in [-0.2, -0.15) is 16.9 Å². The lowest BCUT2D eigenvalue weighted by Gasteiger charge is -2.32. The van der Waals surface area contributed by atoms with Crippen LogP contribution in [0, 0.1) is 5.82 Å². The Bertz CT molecular complexity index is 990. The molecule has 2 aromatic rings. The molecule has 0 aliphatic carbocycles. The first-order valence-electron chi connectivity index (χ1n) is 10.5. The van der Waals surface area contributed by atoms with Crippen LogP contribution in [-0.2, 0) is 12.3 Å². The number of amides is 1. The summed E-state index contributed by atoms with van der Waals surface area (Å²) in [5, 5.41) is 6.69. The lowest BCUT2D eigenvalue weighted by Crippen LogP contribution is -2.52. The van der Waals surface area contributed by atoms with E-state index in [0.29, 0.717) is 12.2 Å². The number of benzene rings is 1. The molecule has 1 N–H and O–H groups in total. The highest BCUT2D eigenvalue weighted by Gasteiger charge is 2.29. The number of aromatic nitrogens is 2. The maximum Gasteiger partial charge on any atom is 0.286 e. The van der Waals surface area contributed by atoms with E-state index < -0.39 is 0 Å². The van der Waals surface area contributed by atoms with Gasteiger partial charge in [-0.1, -0.05) is 24.3 Å². The van der Waals surface area contributed by atoms with Crippen LogP contribution in [0.2, 0.25) is 0 Å². The predicted molar refractivity (Wildman–Crippen MR) is 124 cm³/mol. The highest BCUT2D eigenvalue weighted by atomic mass is 32.2. The average molecular weight is 442 g/mol. The highest BCUT2D eigenvalue weighted by molar-refractivity contribution is 7.99. The fourth-order valence-corrected chi connectivity index (χ4v) is 4.85. The number of thioether (sulfide) groups is 1. The molecule has 1 aromatic heterocycles. The summed E-state index contributed by atoms with van der Waals surface area (Å²) in [5.41, 5.74) is 7.56. The molecule has 6 nitrogen and oxygen atoms in total. The number of piperazine rings is 1. The van der Waals surface area contributed by atoms with E-state index in [1.165, 1.54) is 12.1 Å². The Morgan fingerprint density at radius 2 is 1.94 bits per heavy atom. The molecule has 1 amide bonds. The second-order valence-electron chi connectivity index (χ2n) is 7.87. The molecule has 1 fully saturated rings. The zero-order valence-electron chi connectivity index (χ0n) is 18.0. The Morgan fingerprint density at radius 3 is 2.65 bits per heavy atom. The molecule has 0 spiro atoms. The molecular formula is C23H28FN5OS. The maximum atomic E-state index is 13.3. The zero-order valence-corrected chi connectivity index (χ0v) is 18.8. The molecule has 0 radical (unpaired) electrons. The third-order valence-corrected chi connectivity index (χ3v) is 6.57. The first kappa shape index (κ1) is 21.8. The van der Waals surface area contributed by atoms with Crippen LogP contribution in [0.25, 0.3) is 11.6 Å². The lowest BCUT2D eigenvalue weighted by molar-refractivity contribution is 0.0656. The average Bonchev–Trinajstić information content (AvgIpc) is 3.15. The van der Waals surface area contributed by atoms with Gasteiger partial charge < -0.3 is 4.90 Å². The first-order valence-corrected chi connectivity index (χ1v) is 11.7. The molecule has 2 aliphatic heterocycles. The second kappa shape index (κ2) is 9.80. The van der Waals surface area contributed by atoms with Crippen molar-refractivity contribution in [3.8, 4) is 0 Å². The summed E-state index contributed by atoms with van der Waals surface area (Å²) < 4.78 is 15.2. The second-order valence-corrected chi connectivity index (χ2v) is 8.86. The van der Waals surface area contributed by atoms with Gasteiger partial charge in [0.05, 0.1) is 12.2 Å². The largest absolute Gasteiger partial charge is 0.304 e. The van der Waals surface area contributed by atoms with Gasteiger partial charge in [-0.15, -0.1) is 0 Å². The quantitative estimate of drug-likeness (QED) is 0.722. The van der Waals surface area contributed by atoms with E-state index in [1.54, 1.807) is 23.9 Å². The number of nitrogens with one attached hydrogen (secondary N) is 1. The Kier molecular flexibility index (Phi) is 6.89. The summed E-state index contributed by atoms with van der Waals surface area (Å²) in [6.07, 6.45) is 6.09. The Labute approximate surface area is 186 Å². The Hall–Kier alpha value is -2.42. The van der Waals surface area contributed by atoms with Crippen LogP contribution in [0.5, 0.6) is 0 Å². The molecule has 8 heteroatoms. The number of nitrogens with zero attached hydrogens (tertiary/aromatic N) is 4. The first-order chi connectivity index (χ1) is 15.0. The van der Waals surface area contributed by atoms with Gasteiger partial charge in [-0.25, -0.2) is 9.40 Å². The molecule has 0 bridgehead atoms. The standard InChI is InChI=1S/C23H28FN5OS/c1-3-4-9-29-22-18(14-17-5-7-19(24)8-6-17)15-31-16-20(22)21(25-29)23(30)26-28-12-10-27(2)11-13-28/h3-8,14H,9-13,15-16H2,1-2H3,(H,26,30)/b4-3-,18-14+. The number of hydrogen-bond donors (Lipinski definition) is 1. The van der Waals surface area contributed by atoms with E-state index in [9.17, 15) is 9.18 Å². The van der Waals surface area contributed by atoms with Crippen molar-refractivity contribution >= 4 is 29.3 Å². The molecule has 2 aliphatic rings. The van der Waals surface area contributed by atoms with Crippen molar-refractivity contribution in [3.63, 3.8) is 0 Å². The number of carbonyl (C=O) groups is 1. The molecule has 31 heavy (non-hydrogen) atoms. The minimum absolute atomic E-state index is 0.149. The molecule has 0 unspecified atom stereocenters. The topological polar surface area (TPSA) is 53.4 Å². The number of halogens is 1. The van der Waals surface area contributed by atoms with Crippen LogP contribution >= 0.6 is 11.8 Å². The zero-order chi connectivity index (χ0) is 21.8. The molecule has 1 saturated heterocycles. The molecular weight excluding hydrogens is 413 g/mol. The van der Waals surface area contributed by atoms with Gasteiger partial charge >= 0.3 is 0 Å². The number of fused-ring (bicyclic) bond motifs is 1.